The van der Waals surface area contributed by atoms with Crippen molar-refractivity contribution in [1.82, 2.24) is 0 Å². The van der Waals surface area contributed by atoms with Gasteiger partial charge in [-0.25, -0.2) is 0 Å². The summed E-state index contributed by atoms with van der Waals surface area (Å²) in [7, 11) is 0. The Morgan fingerprint density at radius 1 is 0.688 bits per heavy atom. The highest BCUT2D eigenvalue weighted by atomic mass is 32.2. The molecule has 0 nitrogen and oxygen atoms in total. The first-order valence-corrected chi connectivity index (χ1v) is 10.4. The molecule has 4 aliphatic heterocycles. The van der Waals surface area contributed by atoms with E-state index in [0.717, 1.165) is 0 Å². The van der Waals surface area contributed by atoms with Crippen LogP contribution in [0.2, 0.25) is 0 Å². The maximum atomic E-state index is 2.06. The van der Waals surface area contributed by atoms with E-state index in [4.69, 9.17) is 0 Å². The molecule has 4 heterocycles. The van der Waals surface area contributed by atoms with Crippen molar-refractivity contribution in [3.63, 3.8) is 0 Å². The smallest absolute Gasteiger partial charge is 0.0708 e. The van der Waals surface area contributed by atoms with Gasteiger partial charge in [-0.15, -0.1) is 11.8 Å². The second-order valence-corrected chi connectivity index (χ2v) is 10.8. The zero-order valence-corrected chi connectivity index (χ0v) is 13.2. The average Bonchev–Trinajstić information content (AvgIpc) is 2.94. The topological polar surface area (TPSA) is 0 Å². The van der Waals surface area contributed by atoms with Crippen LogP contribution in [0.1, 0.15) is 6.42 Å². The van der Waals surface area contributed by atoms with Gasteiger partial charge in [-0.2, -0.15) is 11.8 Å². The summed E-state index contributed by atoms with van der Waals surface area (Å²) < 4.78 is 4.72. The van der Waals surface area contributed by atoms with Crippen LogP contribution >= 0.6 is 70.6 Å². The van der Waals surface area contributed by atoms with Gasteiger partial charge in [-0.3, -0.25) is 0 Å². The molecular formula is C10H8S6. The molecule has 16 heavy (non-hydrogen) atoms. The third kappa shape index (κ3) is 1.84. The van der Waals surface area contributed by atoms with Gasteiger partial charge in [0.1, 0.15) is 0 Å². The van der Waals surface area contributed by atoms with Gasteiger partial charge in [0, 0.05) is 32.0 Å². The Morgan fingerprint density at radius 2 is 1.38 bits per heavy atom. The second kappa shape index (κ2) is 4.46. The highest BCUT2D eigenvalue weighted by molar-refractivity contribution is 8.38. The number of rotatable bonds is 0. The van der Waals surface area contributed by atoms with Crippen LogP contribution < -0.4 is 0 Å². The van der Waals surface area contributed by atoms with Gasteiger partial charge in [0.05, 0.1) is 12.7 Å². The molecule has 0 spiro atoms. The fraction of sp³-hybridized carbons (Fsp3) is 0.400. The maximum absolute atomic E-state index is 2.06. The van der Waals surface area contributed by atoms with Crippen molar-refractivity contribution in [2.75, 3.05) is 17.3 Å². The Bertz CT molecular complexity index is 380. The molecule has 84 valence electrons. The van der Waals surface area contributed by atoms with Gasteiger partial charge < -0.3 is 0 Å². The van der Waals surface area contributed by atoms with Crippen LogP contribution in [0.5, 0.6) is 0 Å². The molecule has 0 atom stereocenters. The van der Waals surface area contributed by atoms with Crippen molar-refractivity contribution >= 4 is 70.6 Å². The summed E-state index contributed by atoms with van der Waals surface area (Å²) in [6, 6.07) is 0. The van der Waals surface area contributed by atoms with Gasteiger partial charge in [0.2, 0.25) is 0 Å². The summed E-state index contributed by atoms with van der Waals surface area (Å²) in [5.74, 6) is 3.81. The van der Waals surface area contributed by atoms with E-state index in [1.165, 1.54) is 23.7 Å². The lowest BCUT2D eigenvalue weighted by Crippen LogP contribution is -1.76. The van der Waals surface area contributed by atoms with Crippen molar-refractivity contribution in [3.05, 3.63) is 27.4 Å². The summed E-state index contributed by atoms with van der Waals surface area (Å²) in [5, 5.41) is 0. The van der Waals surface area contributed by atoms with E-state index in [1.807, 2.05) is 58.8 Å². The van der Waals surface area contributed by atoms with Crippen molar-refractivity contribution in [1.29, 1.82) is 0 Å². The SMILES string of the molecule is C1CC2=C(S1)SC(=C1SC3=C(CSC3)S1)S2. The predicted octanol–water partition coefficient (Wildman–Crippen LogP) is 5.34. The molecule has 0 aromatic rings. The average molecular weight is 321 g/mol. The fourth-order valence-corrected chi connectivity index (χ4v) is 10.9. The molecule has 0 saturated carbocycles. The predicted molar refractivity (Wildman–Crippen MR) is 85.8 cm³/mol. The van der Waals surface area contributed by atoms with Crippen LogP contribution in [0.15, 0.2) is 27.4 Å². The normalized spacial score (nSPS) is 28.5. The Labute approximate surface area is 121 Å². The van der Waals surface area contributed by atoms with Crippen LogP contribution in [0.4, 0.5) is 0 Å². The number of hydrogen-bond donors (Lipinski definition) is 0. The summed E-state index contributed by atoms with van der Waals surface area (Å²) in [6.45, 7) is 0. The lowest BCUT2D eigenvalue weighted by Gasteiger charge is -2.05. The van der Waals surface area contributed by atoms with Crippen molar-refractivity contribution < 1.29 is 0 Å². The molecule has 0 N–H and O–H groups in total. The lowest BCUT2D eigenvalue weighted by atomic mass is 10.5. The highest BCUT2D eigenvalue weighted by Gasteiger charge is 2.33. The molecule has 0 bridgehead atoms. The van der Waals surface area contributed by atoms with Crippen LogP contribution in [0, 0.1) is 0 Å². The van der Waals surface area contributed by atoms with E-state index >= 15 is 0 Å². The van der Waals surface area contributed by atoms with Crippen LogP contribution in [0.25, 0.3) is 0 Å². The zero-order valence-electron chi connectivity index (χ0n) is 8.28. The minimum absolute atomic E-state index is 1.25. The van der Waals surface area contributed by atoms with Crippen LogP contribution in [0.3, 0.4) is 0 Å². The van der Waals surface area contributed by atoms with Crippen molar-refractivity contribution in [2.24, 2.45) is 0 Å². The van der Waals surface area contributed by atoms with Gasteiger partial charge in [-0.1, -0.05) is 47.0 Å². The summed E-state index contributed by atoms with van der Waals surface area (Å²) in [5.41, 5.74) is 0. The number of allylic oxidation sites excluding steroid dienone is 1. The first-order chi connectivity index (χ1) is 7.90. The molecule has 4 rings (SSSR count). The summed E-state index contributed by atoms with van der Waals surface area (Å²) in [6.07, 6.45) is 1.30. The second-order valence-electron chi connectivity index (χ2n) is 3.63. The van der Waals surface area contributed by atoms with E-state index in [0.29, 0.717) is 0 Å². The highest BCUT2D eigenvalue weighted by Crippen LogP contribution is 2.65. The molecule has 4 aliphatic rings. The Hall–Kier alpha value is 1.32. The van der Waals surface area contributed by atoms with Gasteiger partial charge in [-0.05, 0) is 6.42 Å². The van der Waals surface area contributed by atoms with E-state index in [9.17, 15) is 0 Å². The van der Waals surface area contributed by atoms with E-state index in [1.54, 1.807) is 27.4 Å². The van der Waals surface area contributed by atoms with E-state index < -0.39 is 0 Å². The number of hydrogen-bond acceptors (Lipinski definition) is 6. The van der Waals surface area contributed by atoms with Gasteiger partial charge in [0.25, 0.3) is 0 Å². The number of thioether (sulfide) groups is 6. The quantitative estimate of drug-likeness (QED) is 0.587. The van der Waals surface area contributed by atoms with Crippen LogP contribution in [-0.2, 0) is 0 Å². The van der Waals surface area contributed by atoms with E-state index in [2.05, 4.69) is 11.8 Å². The molecular weight excluding hydrogens is 313 g/mol. The Morgan fingerprint density at radius 3 is 2.12 bits per heavy atom. The first-order valence-electron chi connectivity index (χ1n) is 5.01. The van der Waals surface area contributed by atoms with Crippen molar-refractivity contribution in [2.45, 2.75) is 6.42 Å². The minimum Gasteiger partial charge on any atom is -0.151 e. The summed E-state index contributed by atoms with van der Waals surface area (Å²) in [4.78, 5) is 4.91. The molecule has 6 heteroatoms. The molecule has 0 fully saturated rings. The monoisotopic (exact) mass is 320 g/mol. The Balaban J connectivity index is 1.56. The molecule has 0 aromatic carbocycles. The first kappa shape index (κ1) is 11.2. The van der Waals surface area contributed by atoms with Gasteiger partial charge >= 0.3 is 0 Å². The third-order valence-electron chi connectivity index (χ3n) is 2.57. The molecule has 0 aromatic heterocycles. The largest absolute Gasteiger partial charge is 0.151 e. The molecule has 0 unspecified atom stereocenters. The summed E-state index contributed by atoms with van der Waals surface area (Å²) >= 11 is 12.3. The van der Waals surface area contributed by atoms with Crippen molar-refractivity contribution in [3.8, 4) is 0 Å². The molecule has 0 aliphatic carbocycles. The molecule has 0 saturated heterocycles. The van der Waals surface area contributed by atoms with Gasteiger partial charge in [0.15, 0.2) is 0 Å². The maximum Gasteiger partial charge on any atom is 0.0708 e. The Kier molecular flexibility index (Phi) is 3.11. The van der Waals surface area contributed by atoms with Crippen LogP contribution in [-0.4, -0.2) is 17.3 Å². The lowest BCUT2D eigenvalue weighted by molar-refractivity contribution is 1.25. The van der Waals surface area contributed by atoms with E-state index in [-0.39, 0.29) is 0 Å². The molecule has 0 radical (unpaired) electrons. The fourth-order valence-electron chi connectivity index (χ4n) is 1.80. The third-order valence-corrected chi connectivity index (χ3v) is 11.3. The molecule has 0 amide bonds. The minimum atomic E-state index is 1.25. The zero-order chi connectivity index (χ0) is 10.5. The standard InChI is InChI=1S/C10H8S6/c1-2-12-8-5(1)13-10(16-8)9-14-6-3-11-4-7(6)15-9/h1-4H2.